The number of benzene rings is 2. The van der Waals surface area contributed by atoms with E-state index in [2.05, 4.69) is 81.9 Å². The van der Waals surface area contributed by atoms with Gasteiger partial charge in [-0.3, -0.25) is 14.7 Å². The van der Waals surface area contributed by atoms with Crippen molar-refractivity contribution in [3.63, 3.8) is 0 Å². The lowest BCUT2D eigenvalue weighted by atomic mass is 9.88. The third kappa shape index (κ3) is 8.30. The number of carbonyl (C=O) groups excluding carboxylic acids is 1. The summed E-state index contributed by atoms with van der Waals surface area (Å²) >= 11 is 0. The smallest absolute Gasteiger partial charge is 0.219 e. The van der Waals surface area contributed by atoms with Crippen molar-refractivity contribution >= 4 is 5.91 Å². The Kier molecular flexibility index (Phi) is 10.5. The number of unbranched alkanes of at least 4 members (excludes halogenated alkanes) is 2. The summed E-state index contributed by atoms with van der Waals surface area (Å²) < 4.78 is 0. The Balaban J connectivity index is 1.10. The van der Waals surface area contributed by atoms with Crippen molar-refractivity contribution in [3.05, 3.63) is 102 Å². The lowest BCUT2D eigenvalue weighted by Gasteiger charge is -2.38. The van der Waals surface area contributed by atoms with Gasteiger partial charge in [0.15, 0.2) is 0 Å². The highest BCUT2D eigenvalue weighted by Gasteiger charge is 2.27. The van der Waals surface area contributed by atoms with E-state index in [0.29, 0.717) is 12.5 Å². The molecule has 0 unspecified atom stereocenters. The molecule has 1 saturated heterocycles. The molecule has 4 rings (SSSR count). The zero-order valence-electron chi connectivity index (χ0n) is 21.5. The van der Waals surface area contributed by atoms with Crippen LogP contribution in [-0.2, 0) is 11.2 Å². The van der Waals surface area contributed by atoms with Gasteiger partial charge in [0.2, 0.25) is 5.91 Å². The summed E-state index contributed by atoms with van der Waals surface area (Å²) in [7, 11) is 0. The van der Waals surface area contributed by atoms with Crippen LogP contribution in [0.5, 0.6) is 0 Å². The van der Waals surface area contributed by atoms with Gasteiger partial charge in [0.25, 0.3) is 0 Å². The molecule has 1 aromatic heterocycles. The van der Waals surface area contributed by atoms with Crippen molar-refractivity contribution in [3.8, 4) is 0 Å². The van der Waals surface area contributed by atoms with Gasteiger partial charge in [-0.15, -0.1) is 0 Å². The third-order valence-corrected chi connectivity index (χ3v) is 7.45. The van der Waals surface area contributed by atoms with Gasteiger partial charge in [-0.25, -0.2) is 0 Å². The van der Waals surface area contributed by atoms with E-state index in [1.54, 1.807) is 6.20 Å². The number of hydrogen-bond donors (Lipinski definition) is 1. The summed E-state index contributed by atoms with van der Waals surface area (Å²) in [6.07, 6.45) is 13.4. The van der Waals surface area contributed by atoms with Crippen LogP contribution >= 0.6 is 0 Å². The van der Waals surface area contributed by atoms with Crippen LogP contribution in [0.3, 0.4) is 0 Å². The SMILES string of the molecule is O=C(CCCCc1cccnc1)NCCCCC1CCN(C(c2ccccc2)c2ccccc2)CC1. The van der Waals surface area contributed by atoms with Crippen LogP contribution in [0.25, 0.3) is 0 Å². The van der Waals surface area contributed by atoms with E-state index in [0.717, 1.165) is 51.2 Å². The Morgan fingerprint density at radius 3 is 2.19 bits per heavy atom. The van der Waals surface area contributed by atoms with Gasteiger partial charge in [-0.2, -0.15) is 0 Å². The second-order valence-electron chi connectivity index (χ2n) is 10.1. The molecule has 0 aliphatic carbocycles. The summed E-state index contributed by atoms with van der Waals surface area (Å²) in [5.41, 5.74) is 4.02. The number of amides is 1. The highest BCUT2D eigenvalue weighted by molar-refractivity contribution is 5.75. The molecule has 2 heterocycles. The number of nitrogens with zero attached hydrogens (tertiary/aromatic N) is 2. The number of likely N-dealkylation sites (tertiary alicyclic amines) is 1. The molecule has 0 saturated carbocycles. The fourth-order valence-electron chi connectivity index (χ4n) is 5.42. The minimum absolute atomic E-state index is 0.197. The highest BCUT2D eigenvalue weighted by Crippen LogP contribution is 2.33. The fraction of sp³-hybridized carbons (Fsp3) is 0.438. The van der Waals surface area contributed by atoms with Crippen LogP contribution in [-0.4, -0.2) is 35.4 Å². The second kappa shape index (κ2) is 14.5. The monoisotopic (exact) mass is 483 g/mol. The number of rotatable bonds is 13. The Hall–Kier alpha value is -2.98. The average molecular weight is 484 g/mol. The average Bonchev–Trinajstić information content (AvgIpc) is 2.94. The molecule has 190 valence electrons. The van der Waals surface area contributed by atoms with E-state index in [9.17, 15) is 4.79 Å². The predicted octanol–water partition coefficient (Wildman–Crippen LogP) is 6.58. The molecular weight excluding hydrogens is 442 g/mol. The first-order valence-electron chi connectivity index (χ1n) is 13.8. The summed E-state index contributed by atoms with van der Waals surface area (Å²) in [6.45, 7) is 3.11. The molecule has 0 spiro atoms. The Labute approximate surface area is 217 Å². The molecule has 1 aliphatic heterocycles. The molecule has 0 atom stereocenters. The minimum atomic E-state index is 0.197. The second-order valence-corrected chi connectivity index (χ2v) is 10.1. The van der Waals surface area contributed by atoms with Gasteiger partial charge in [-0.05, 0) is 80.3 Å². The van der Waals surface area contributed by atoms with E-state index >= 15 is 0 Å². The van der Waals surface area contributed by atoms with Crippen LogP contribution in [0, 0.1) is 5.92 Å². The van der Waals surface area contributed by atoms with Gasteiger partial charge in [0.05, 0.1) is 6.04 Å². The summed E-state index contributed by atoms with van der Waals surface area (Å²) in [5, 5.41) is 3.12. The maximum atomic E-state index is 12.1. The Bertz CT molecular complexity index is 962. The minimum Gasteiger partial charge on any atom is -0.356 e. The molecule has 2 aromatic carbocycles. The molecule has 1 fully saturated rings. The zero-order valence-corrected chi connectivity index (χ0v) is 21.5. The number of pyridine rings is 1. The first kappa shape index (κ1) is 26.1. The molecule has 0 bridgehead atoms. The zero-order chi connectivity index (χ0) is 24.8. The van der Waals surface area contributed by atoms with E-state index in [4.69, 9.17) is 0 Å². The van der Waals surface area contributed by atoms with Crippen molar-refractivity contribution in [2.45, 2.75) is 63.8 Å². The van der Waals surface area contributed by atoms with Crippen LogP contribution in [0.2, 0.25) is 0 Å². The van der Waals surface area contributed by atoms with Gasteiger partial charge in [0, 0.05) is 25.4 Å². The van der Waals surface area contributed by atoms with Crippen LogP contribution in [0.1, 0.15) is 74.1 Å². The molecule has 0 radical (unpaired) electrons. The third-order valence-electron chi connectivity index (χ3n) is 7.45. The Morgan fingerprint density at radius 2 is 1.56 bits per heavy atom. The maximum absolute atomic E-state index is 12.1. The molecule has 4 nitrogen and oxygen atoms in total. The van der Waals surface area contributed by atoms with Crippen molar-refractivity contribution < 1.29 is 4.79 Å². The largest absolute Gasteiger partial charge is 0.356 e. The van der Waals surface area contributed by atoms with Crippen LogP contribution < -0.4 is 5.32 Å². The van der Waals surface area contributed by atoms with Gasteiger partial charge >= 0.3 is 0 Å². The van der Waals surface area contributed by atoms with Crippen LogP contribution in [0.15, 0.2) is 85.2 Å². The van der Waals surface area contributed by atoms with E-state index < -0.39 is 0 Å². The van der Waals surface area contributed by atoms with Crippen molar-refractivity contribution in [2.75, 3.05) is 19.6 Å². The number of carbonyl (C=O) groups is 1. The van der Waals surface area contributed by atoms with Gasteiger partial charge < -0.3 is 5.32 Å². The molecule has 1 amide bonds. The number of hydrogen-bond acceptors (Lipinski definition) is 3. The van der Waals surface area contributed by atoms with Crippen molar-refractivity contribution in [1.82, 2.24) is 15.2 Å². The molecule has 4 heteroatoms. The molecule has 36 heavy (non-hydrogen) atoms. The maximum Gasteiger partial charge on any atom is 0.219 e. The van der Waals surface area contributed by atoms with Gasteiger partial charge in [-0.1, -0.05) is 79.6 Å². The van der Waals surface area contributed by atoms with E-state index in [1.807, 2.05) is 12.3 Å². The number of nitrogens with one attached hydrogen (secondary N) is 1. The standard InChI is InChI=1S/C32H41N3O/c36-31(19-8-7-13-28-14-11-22-33-26-28)34-23-10-9-12-27-20-24-35(25-21-27)32(29-15-3-1-4-16-29)30-17-5-2-6-18-30/h1-6,11,14-18,22,26-27,32H,7-10,12-13,19-21,23-25H2,(H,34,36). The summed E-state index contributed by atoms with van der Waals surface area (Å²) in [5.74, 6) is 0.999. The van der Waals surface area contributed by atoms with Crippen LogP contribution in [0.4, 0.5) is 0 Å². The molecule has 1 N–H and O–H groups in total. The number of aromatic nitrogens is 1. The first-order valence-corrected chi connectivity index (χ1v) is 13.8. The molecule has 1 aliphatic rings. The fourth-order valence-corrected chi connectivity index (χ4v) is 5.42. The Morgan fingerprint density at radius 1 is 0.861 bits per heavy atom. The van der Waals surface area contributed by atoms with E-state index in [-0.39, 0.29) is 5.91 Å². The molecule has 3 aromatic rings. The summed E-state index contributed by atoms with van der Waals surface area (Å²) in [6, 6.07) is 26.3. The highest BCUT2D eigenvalue weighted by atomic mass is 16.1. The number of piperidine rings is 1. The molecular formula is C32H41N3O. The van der Waals surface area contributed by atoms with Gasteiger partial charge in [0.1, 0.15) is 0 Å². The van der Waals surface area contributed by atoms with E-state index in [1.165, 1.54) is 42.4 Å². The predicted molar refractivity (Wildman–Crippen MR) is 148 cm³/mol. The summed E-state index contributed by atoms with van der Waals surface area (Å²) in [4.78, 5) is 18.9. The number of aryl methyl sites for hydroxylation is 1. The topological polar surface area (TPSA) is 45.2 Å². The van der Waals surface area contributed by atoms with Crippen molar-refractivity contribution in [1.29, 1.82) is 0 Å². The normalized spacial score (nSPS) is 14.7. The first-order chi connectivity index (χ1) is 17.8. The van der Waals surface area contributed by atoms with Crippen molar-refractivity contribution in [2.24, 2.45) is 5.92 Å². The lowest BCUT2D eigenvalue weighted by Crippen LogP contribution is -2.37. The quantitative estimate of drug-likeness (QED) is 0.279. The lowest BCUT2D eigenvalue weighted by molar-refractivity contribution is -0.121.